The third-order valence-electron chi connectivity index (χ3n) is 6.86. The number of rotatable bonds is 10. The Hall–Kier alpha value is -2.45. The van der Waals surface area contributed by atoms with Crippen molar-refractivity contribution in [3.63, 3.8) is 0 Å². The Balaban J connectivity index is 1.98. The molecule has 0 atom stereocenters. The van der Waals surface area contributed by atoms with Crippen molar-refractivity contribution in [3.05, 3.63) is 88.1 Å². The Morgan fingerprint density at radius 1 is 0.781 bits per heavy atom. The topological polar surface area (TPSA) is 16.1 Å². The number of pyridine rings is 1. The number of benzene rings is 2. The van der Waals surface area contributed by atoms with Gasteiger partial charge in [-0.1, -0.05) is 76.2 Å². The van der Waals surface area contributed by atoms with Gasteiger partial charge in [0, 0.05) is 30.4 Å². The molecule has 3 rings (SSSR count). The minimum absolute atomic E-state index is 0.571. The summed E-state index contributed by atoms with van der Waals surface area (Å²) in [7, 11) is 0. The van der Waals surface area contributed by atoms with Crippen LogP contribution in [0.2, 0.25) is 0 Å². The van der Waals surface area contributed by atoms with E-state index in [2.05, 4.69) is 101 Å². The molecule has 0 bridgehead atoms. The van der Waals surface area contributed by atoms with Crippen LogP contribution in [0.5, 0.6) is 0 Å². The number of aromatic nitrogens is 1. The lowest BCUT2D eigenvalue weighted by molar-refractivity contribution is 0.167. The summed E-state index contributed by atoms with van der Waals surface area (Å²) in [6.45, 7) is 15.5. The van der Waals surface area contributed by atoms with E-state index in [1.165, 1.54) is 33.4 Å². The molecule has 0 aliphatic carbocycles. The third-order valence-corrected chi connectivity index (χ3v) is 6.86. The first kappa shape index (κ1) is 24.2. The zero-order valence-electron chi connectivity index (χ0n) is 20.9. The highest BCUT2D eigenvalue weighted by Gasteiger charge is 2.20. The first-order valence-electron chi connectivity index (χ1n) is 12.4. The number of aryl methyl sites for hydroxylation is 4. The summed E-state index contributed by atoms with van der Waals surface area (Å²) in [5, 5.41) is 0. The molecule has 1 aromatic heterocycles. The van der Waals surface area contributed by atoms with Crippen molar-refractivity contribution in [2.24, 2.45) is 0 Å². The van der Waals surface area contributed by atoms with Gasteiger partial charge in [0.1, 0.15) is 0 Å². The van der Waals surface area contributed by atoms with Crippen LogP contribution in [-0.4, -0.2) is 15.9 Å². The Morgan fingerprint density at radius 2 is 1.41 bits per heavy atom. The van der Waals surface area contributed by atoms with Gasteiger partial charge >= 0.3 is 0 Å². The molecule has 0 unspecified atom stereocenters. The van der Waals surface area contributed by atoms with E-state index in [-0.39, 0.29) is 0 Å². The van der Waals surface area contributed by atoms with E-state index in [9.17, 15) is 0 Å². The summed E-state index contributed by atoms with van der Waals surface area (Å²) < 4.78 is 0. The fourth-order valence-electron chi connectivity index (χ4n) is 4.94. The van der Waals surface area contributed by atoms with Gasteiger partial charge in [-0.25, -0.2) is 0 Å². The standard InChI is InChI=1S/C30H40N2/c1-7-25-17-14-18-26(8-2)30(25)29-19-22(5)28(23(6)31-29)21-32(27(9-3)10-4)20-24-15-12-11-13-16-24/h11-19,27H,7-10,20-21H2,1-6H3. The zero-order chi connectivity index (χ0) is 23.1. The Kier molecular flexibility index (Phi) is 8.64. The summed E-state index contributed by atoms with van der Waals surface area (Å²) in [5.41, 5.74) is 10.5. The van der Waals surface area contributed by atoms with Gasteiger partial charge in [-0.3, -0.25) is 9.88 Å². The van der Waals surface area contributed by atoms with Crippen LogP contribution >= 0.6 is 0 Å². The fraction of sp³-hybridized carbons (Fsp3) is 0.433. The van der Waals surface area contributed by atoms with Gasteiger partial charge in [0.05, 0.1) is 5.69 Å². The van der Waals surface area contributed by atoms with Gasteiger partial charge in [-0.2, -0.15) is 0 Å². The lowest BCUT2D eigenvalue weighted by Gasteiger charge is -2.31. The van der Waals surface area contributed by atoms with E-state index in [0.717, 1.165) is 50.2 Å². The summed E-state index contributed by atoms with van der Waals surface area (Å²) >= 11 is 0. The Labute approximate surface area is 195 Å². The summed E-state index contributed by atoms with van der Waals surface area (Å²) in [4.78, 5) is 7.81. The average Bonchev–Trinajstić information content (AvgIpc) is 2.81. The van der Waals surface area contributed by atoms with Crippen molar-refractivity contribution < 1.29 is 0 Å². The first-order valence-corrected chi connectivity index (χ1v) is 12.4. The highest BCUT2D eigenvalue weighted by atomic mass is 15.2. The molecular weight excluding hydrogens is 388 g/mol. The van der Waals surface area contributed by atoms with E-state index in [1.807, 2.05) is 0 Å². The minimum Gasteiger partial charge on any atom is -0.292 e. The molecule has 2 aromatic carbocycles. The van der Waals surface area contributed by atoms with Crippen LogP contribution in [0.1, 0.15) is 74.0 Å². The molecule has 0 N–H and O–H groups in total. The predicted octanol–water partition coefficient (Wildman–Crippen LogP) is 7.68. The van der Waals surface area contributed by atoms with Crippen molar-refractivity contribution >= 4 is 0 Å². The molecule has 1 heterocycles. The lowest BCUT2D eigenvalue weighted by atomic mass is 9.93. The van der Waals surface area contributed by atoms with E-state index in [1.54, 1.807) is 0 Å². The molecule has 32 heavy (non-hydrogen) atoms. The van der Waals surface area contributed by atoms with Crippen LogP contribution in [0.3, 0.4) is 0 Å². The average molecular weight is 429 g/mol. The first-order chi connectivity index (χ1) is 15.5. The van der Waals surface area contributed by atoms with Crippen LogP contribution in [0.4, 0.5) is 0 Å². The van der Waals surface area contributed by atoms with Gasteiger partial charge < -0.3 is 0 Å². The highest BCUT2D eigenvalue weighted by molar-refractivity contribution is 5.69. The molecule has 0 radical (unpaired) electrons. The number of hydrogen-bond acceptors (Lipinski definition) is 2. The third kappa shape index (κ3) is 5.48. The van der Waals surface area contributed by atoms with Gasteiger partial charge in [0.15, 0.2) is 0 Å². The molecular formula is C30H40N2. The van der Waals surface area contributed by atoms with Crippen molar-refractivity contribution in [2.75, 3.05) is 0 Å². The fourth-order valence-corrected chi connectivity index (χ4v) is 4.94. The summed E-state index contributed by atoms with van der Waals surface area (Å²) in [6.07, 6.45) is 4.39. The molecule has 0 amide bonds. The van der Waals surface area contributed by atoms with E-state index >= 15 is 0 Å². The lowest BCUT2D eigenvalue weighted by Crippen LogP contribution is -2.34. The monoisotopic (exact) mass is 428 g/mol. The molecule has 2 heteroatoms. The van der Waals surface area contributed by atoms with E-state index in [0.29, 0.717) is 6.04 Å². The highest BCUT2D eigenvalue weighted by Crippen LogP contribution is 2.31. The Bertz CT molecular complexity index is 957. The maximum atomic E-state index is 5.17. The Morgan fingerprint density at radius 3 is 1.94 bits per heavy atom. The molecule has 2 nitrogen and oxygen atoms in total. The number of nitrogens with zero attached hydrogens (tertiary/aromatic N) is 2. The normalized spacial score (nSPS) is 11.5. The smallest absolute Gasteiger partial charge is 0.0713 e. The van der Waals surface area contributed by atoms with E-state index in [4.69, 9.17) is 4.98 Å². The molecule has 3 aromatic rings. The molecule has 0 saturated heterocycles. The van der Waals surface area contributed by atoms with Gasteiger partial charge in [-0.05, 0) is 73.4 Å². The molecule has 0 saturated carbocycles. The number of hydrogen-bond donors (Lipinski definition) is 0. The van der Waals surface area contributed by atoms with Gasteiger partial charge in [0.25, 0.3) is 0 Å². The second-order valence-corrected chi connectivity index (χ2v) is 8.91. The predicted molar refractivity (Wildman–Crippen MR) is 138 cm³/mol. The van der Waals surface area contributed by atoms with Crippen LogP contribution in [-0.2, 0) is 25.9 Å². The molecule has 0 aliphatic rings. The summed E-state index contributed by atoms with van der Waals surface area (Å²) in [5.74, 6) is 0. The van der Waals surface area contributed by atoms with Gasteiger partial charge in [-0.15, -0.1) is 0 Å². The second kappa shape index (κ2) is 11.4. The maximum absolute atomic E-state index is 5.17. The SMILES string of the molecule is CCc1cccc(CC)c1-c1cc(C)c(CN(Cc2ccccc2)C(CC)CC)c(C)n1. The quantitative estimate of drug-likeness (QED) is 0.329. The van der Waals surface area contributed by atoms with Crippen molar-refractivity contribution in [2.45, 2.75) is 86.4 Å². The largest absolute Gasteiger partial charge is 0.292 e. The minimum atomic E-state index is 0.571. The van der Waals surface area contributed by atoms with Crippen molar-refractivity contribution in [1.29, 1.82) is 0 Å². The zero-order valence-corrected chi connectivity index (χ0v) is 20.9. The van der Waals surface area contributed by atoms with Crippen LogP contribution in [0.25, 0.3) is 11.3 Å². The second-order valence-electron chi connectivity index (χ2n) is 8.91. The van der Waals surface area contributed by atoms with Gasteiger partial charge in [0.2, 0.25) is 0 Å². The van der Waals surface area contributed by atoms with Crippen LogP contribution in [0, 0.1) is 13.8 Å². The van der Waals surface area contributed by atoms with E-state index < -0.39 is 0 Å². The molecule has 170 valence electrons. The molecule has 0 spiro atoms. The summed E-state index contributed by atoms with van der Waals surface area (Å²) in [6, 6.07) is 20.5. The van der Waals surface area contributed by atoms with Crippen molar-refractivity contribution in [1.82, 2.24) is 9.88 Å². The maximum Gasteiger partial charge on any atom is 0.0713 e. The van der Waals surface area contributed by atoms with Crippen LogP contribution in [0.15, 0.2) is 54.6 Å². The van der Waals surface area contributed by atoms with Crippen LogP contribution < -0.4 is 0 Å². The molecule has 0 fully saturated rings. The van der Waals surface area contributed by atoms with Crippen molar-refractivity contribution in [3.8, 4) is 11.3 Å². The molecule has 0 aliphatic heterocycles.